The van der Waals surface area contributed by atoms with E-state index in [9.17, 15) is 28.0 Å². The summed E-state index contributed by atoms with van der Waals surface area (Å²) in [7, 11) is 0. The Hall–Kier alpha value is -2.26. The summed E-state index contributed by atoms with van der Waals surface area (Å²) < 4.78 is 31.8. The van der Waals surface area contributed by atoms with E-state index in [-0.39, 0.29) is 4.90 Å². The van der Waals surface area contributed by atoms with Gasteiger partial charge in [-0.05, 0) is 20.8 Å². The highest BCUT2D eigenvalue weighted by Crippen LogP contribution is 2.29. The summed E-state index contributed by atoms with van der Waals surface area (Å²) in [6.45, 7) is 4.07. The van der Waals surface area contributed by atoms with Crippen molar-refractivity contribution in [1.29, 1.82) is 0 Å². The molecule has 1 saturated heterocycles. The number of likely N-dealkylation sites (tertiary alicyclic amines) is 1. The van der Waals surface area contributed by atoms with Gasteiger partial charge in [-0.25, -0.2) is 4.79 Å². The monoisotopic (exact) mass is 350 g/mol. The molecule has 1 unspecified atom stereocenters. The number of alkyl carbamates (subject to hydrolysis) is 1. The van der Waals surface area contributed by atoms with Gasteiger partial charge in [-0.1, -0.05) is 0 Å². The molecule has 0 saturated carbocycles. The van der Waals surface area contributed by atoms with Gasteiger partial charge in [0, 0.05) is 19.4 Å². The van der Waals surface area contributed by atoms with E-state index in [0.29, 0.717) is 0 Å². The molecule has 0 bridgehead atoms. The first kappa shape index (κ1) is 19.8. The number of carbonyl (C=O) groups is 4. The first-order valence-electron chi connectivity index (χ1n) is 7.26. The Labute approximate surface area is 137 Å². The number of hydrogen-bond acceptors (Lipinski definition) is 5. The highest BCUT2D eigenvalue weighted by atomic mass is 19.3. The van der Waals surface area contributed by atoms with Crippen molar-refractivity contribution in [2.75, 3.05) is 6.54 Å². The molecule has 10 heteroatoms. The minimum absolute atomic E-state index is 0.286. The van der Waals surface area contributed by atoms with Crippen LogP contribution in [0.2, 0.25) is 0 Å². The zero-order valence-electron chi connectivity index (χ0n) is 13.6. The summed E-state index contributed by atoms with van der Waals surface area (Å²) in [6, 6.07) is -1.25. The van der Waals surface area contributed by atoms with Crippen molar-refractivity contribution in [1.82, 2.24) is 10.2 Å². The van der Waals surface area contributed by atoms with Crippen molar-refractivity contribution in [2.45, 2.75) is 57.6 Å². The number of carboxylic acids is 1. The molecule has 0 aliphatic carbocycles. The number of amides is 3. The number of hydrogen-bond donors (Lipinski definition) is 2. The Morgan fingerprint density at radius 2 is 1.96 bits per heavy atom. The normalized spacial score (nSPS) is 19.0. The number of carbonyl (C=O) groups excluding carboxylic acids is 3. The molecule has 1 heterocycles. The number of alkyl halides is 2. The van der Waals surface area contributed by atoms with Crippen LogP contribution in [0.1, 0.15) is 40.0 Å². The average molecular weight is 350 g/mol. The van der Waals surface area contributed by atoms with Crippen LogP contribution in [0.25, 0.3) is 0 Å². The highest BCUT2D eigenvalue weighted by Gasteiger charge is 2.48. The van der Waals surface area contributed by atoms with Crippen LogP contribution in [0.4, 0.5) is 13.6 Å². The van der Waals surface area contributed by atoms with E-state index in [2.05, 4.69) is 5.32 Å². The fraction of sp³-hybridized carbons (Fsp3) is 0.714. The molecule has 1 rings (SSSR count). The third-order valence-corrected chi connectivity index (χ3v) is 3.06. The maximum atomic E-state index is 13.4. The van der Waals surface area contributed by atoms with E-state index >= 15 is 0 Å². The number of ether oxygens (including phenoxy) is 1. The Morgan fingerprint density at radius 1 is 1.38 bits per heavy atom. The van der Waals surface area contributed by atoms with Crippen molar-refractivity contribution < 1.29 is 37.8 Å². The van der Waals surface area contributed by atoms with Crippen LogP contribution in [-0.2, 0) is 19.1 Å². The van der Waals surface area contributed by atoms with Crippen LogP contribution in [-0.4, -0.2) is 58.0 Å². The Kier molecular flexibility index (Phi) is 5.85. The molecule has 0 radical (unpaired) electrons. The van der Waals surface area contributed by atoms with Gasteiger partial charge in [-0.3, -0.25) is 19.3 Å². The summed E-state index contributed by atoms with van der Waals surface area (Å²) in [6.07, 6.45) is -3.06. The maximum absolute atomic E-state index is 13.4. The van der Waals surface area contributed by atoms with Gasteiger partial charge in [0.2, 0.25) is 5.91 Å². The van der Waals surface area contributed by atoms with Crippen molar-refractivity contribution in [3.8, 4) is 0 Å². The lowest BCUT2D eigenvalue weighted by Gasteiger charge is -2.32. The number of aliphatic carboxylic acids is 1. The molecule has 0 aromatic rings. The van der Waals surface area contributed by atoms with Crippen LogP contribution < -0.4 is 5.32 Å². The van der Waals surface area contributed by atoms with E-state index in [1.165, 1.54) is 0 Å². The first-order chi connectivity index (χ1) is 10.8. The van der Waals surface area contributed by atoms with Crippen molar-refractivity contribution in [3.05, 3.63) is 0 Å². The second-order valence-electron chi connectivity index (χ2n) is 6.45. The minimum Gasteiger partial charge on any atom is -0.481 e. The minimum atomic E-state index is -3.69. The van der Waals surface area contributed by atoms with Gasteiger partial charge in [0.15, 0.2) is 0 Å². The standard InChI is InChI=1S/C14H20F2N2O6/c1-13(2,3)24-12(23)17-8(6-10(20)21)7-18-9(19)4-5-14(15,16)11(18)22/h8H,4-7H2,1-3H3,(H,17,23)(H,20,21). The van der Waals surface area contributed by atoms with Crippen LogP contribution in [0.15, 0.2) is 0 Å². The third-order valence-electron chi connectivity index (χ3n) is 3.06. The third kappa shape index (κ3) is 5.74. The number of nitrogens with zero attached hydrogens (tertiary/aromatic N) is 1. The molecule has 8 nitrogen and oxygen atoms in total. The largest absolute Gasteiger partial charge is 0.481 e. The van der Waals surface area contributed by atoms with Gasteiger partial charge in [-0.15, -0.1) is 0 Å². The van der Waals surface area contributed by atoms with E-state index in [4.69, 9.17) is 9.84 Å². The average Bonchev–Trinajstić information content (AvgIpc) is 2.36. The zero-order chi connectivity index (χ0) is 18.7. The number of imide groups is 1. The smallest absolute Gasteiger partial charge is 0.407 e. The molecule has 24 heavy (non-hydrogen) atoms. The maximum Gasteiger partial charge on any atom is 0.407 e. The van der Waals surface area contributed by atoms with Crippen LogP contribution in [0, 0.1) is 0 Å². The predicted molar refractivity (Wildman–Crippen MR) is 76.3 cm³/mol. The zero-order valence-corrected chi connectivity index (χ0v) is 13.6. The molecule has 136 valence electrons. The molecular weight excluding hydrogens is 330 g/mol. The fourth-order valence-electron chi connectivity index (χ4n) is 2.07. The lowest BCUT2D eigenvalue weighted by Crippen LogP contribution is -2.56. The summed E-state index contributed by atoms with van der Waals surface area (Å²) in [5.74, 6) is -7.56. The molecule has 1 aliphatic heterocycles. The van der Waals surface area contributed by atoms with E-state index in [1.807, 2.05) is 0 Å². The number of piperidine rings is 1. The van der Waals surface area contributed by atoms with Crippen molar-refractivity contribution in [3.63, 3.8) is 0 Å². The SMILES string of the molecule is CC(C)(C)OC(=O)NC(CC(=O)O)CN1C(=O)CCC(F)(F)C1=O. The van der Waals surface area contributed by atoms with E-state index in [1.54, 1.807) is 20.8 Å². The molecule has 1 fully saturated rings. The lowest BCUT2D eigenvalue weighted by atomic mass is 10.0. The second kappa shape index (κ2) is 7.10. The topological polar surface area (TPSA) is 113 Å². The number of carboxylic acid groups (broad SMARTS) is 1. The summed E-state index contributed by atoms with van der Waals surface area (Å²) in [5.41, 5.74) is -0.859. The molecule has 3 amide bonds. The van der Waals surface area contributed by atoms with Gasteiger partial charge in [0.05, 0.1) is 12.5 Å². The van der Waals surface area contributed by atoms with Gasteiger partial charge < -0.3 is 15.2 Å². The summed E-state index contributed by atoms with van der Waals surface area (Å²) in [5, 5.41) is 11.1. The molecule has 0 spiro atoms. The molecule has 0 aromatic heterocycles. The number of nitrogens with one attached hydrogen (secondary N) is 1. The molecular formula is C14H20F2N2O6. The second-order valence-corrected chi connectivity index (χ2v) is 6.45. The first-order valence-corrected chi connectivity index (χ1v) is 7.26. The van der Waals surface area contributed by atoms with Crippen molar-refractivity contribution in [2.24, 2.45) is 0 Å². The number of rotatable bonds is 5. The Bertz CT molecular complexity index is 544. The number of halogens is 2. The van der Waals surface area contributed by atoms with Crippen LogP contribution in [0.3, 0.4) is 0 Å². The summed E-state index contributed by atoms with van der Waals surface area (Å²) in [4.78, 5) is 46.3. The molecule has 1 atom stereocenters. The lowest BCUT2D eigenvalue weighted by molar-refractivity contribution is -0.172. The van der Waals surface area contributed by atoms with Crippen LogP contribution in [0.5, 0.6) is 0 Å². The van der Waals surface area contributed by atoms with Crippen molar-refractivity contribution >= 4 is 23.9 Å². The Morgan fingerprint density at radius 3 is 2.46 bits per heavy atom. The molecule has 2 N–H and O–H groups in total. The molecule has 0 aromatic carbocycles. The highest BCUT2D eigenvalue weighted by molar-refractivity contribution is 6.01. The van der Waals surface area contributed by atoms with E-state index in [0.717, 1.165) is 0 Å². The van der Waals surface area contributed by atoms with Crippen LogP contribution >= 0.6 is 0 Å². The van der Waals surface area contributed by atoms with E-state index < -0.39 is 67.2 Å². The van der Waals surface area contributed by atoms with Gasteiger partial charge in [-0.2, -0.15) is 8.78 Å². The van der Waals surface area contributed by atoms with Gasteiger partial charge in [0.25, 0.3) is 5.91 Å². The van der Waals surface area contributed by atoms with Gasteiger partial charge >= 0.3 is 18.0 Å². The van der Waals surface area contributed by atoms with Gasteiger partial charge in [0.1, 0.15) is 5.60 Å². The summed E-state index contributed by atoms with van der Waals surface area (Å²) >= 11 is 0. The predicted octanol–water partition coefficient (Wildman–Crippen LogP) is 1.14. The fourth-order valence-corrected chi connectivity index (χ4v) is 2.07. The quantitative estimate of drug-likeness (QED) is 0.719. The molecule has 1 aliphatic rings. The Balaban J connectivity index is 2.85.